The van der Waals surface area contributed by atoms with Gasteiger partial charge in [-0.05, 0) is 18.2 Å². The first-order valence-electron chi connectivity index (χ1n) is 5.85. The number of phenols is 1. The van der Waals surface area contributed by atoms with E-state index in [0.29, 0.717) is 11.7 Å². The van der Waals surface area contributed by atoms with Crippen molar-refractivity contribution >= 4 is 0 Å². The highest BCUT2D eigenvalue weighted by Gasteiger charge is 2.19. The number of aromatic nitrogens is 2. The summed E-state index contributed by atoms with van der Waals surface area (Å²) in [6.45, 7) is 3.02. The second-order valence-electron chi connectivity index (χ2n) is 4.44. The van der Waals surface area contributed by atoms with E-state index in [2.05, 4.69) is 10.4 Å². The molecular formula is C13H15N3O. The molecule has 3 rings (SSSR count). The van der Waals surface area contributed by atoms with E-state index in [9.17, 15) is 5.11 Å². The van der Waals surface area contributed by atoms with Crippen LogP contribution in [0.1, 0.15) is 0 Å². The molecule has 88 valence electrons. The van der Waals surface area contributed by atoms with Gasteiger partial charge in [-0.1, -0.05) is 12.1 Å². The quantitative estimate of drug-likeness (QED) is 0.838. The SMILES string of the molecule is Oc1ccccc1-c1ccnn1CC1CNC1. The number of aromatic hydroxyl groups is 1. The summed E-state index contributed by atoms with van der Waals surface area (Å²) in [5, 5.41) is 17.4. The van der Waals surface area contributed by atoms with Gasteiger partial charge in [0.15, 0.2) is 0 Å². The Morgan fingerprint density at radius 3 is 2.82 bits per heavy atom. The Labute approximate surface area is 99.9 Å². The molecule has 2 heterocycles. The molecule has 0 bridgehead atoms. The Morgan fingerprint density at radius 1 is 1.29 bits per heavy atom. The van der Waals surface area contributed by atoms with Crippen LogP contribution in [-0.4, -0.2) is 28.0 Å². The fourth-order valence-corrected chi connectivity index (χ4v) is 2.12. The number of phenolic OH excluding ortho intramolecular Hbond substituents is 1. The lowest BCUT2D eigenvalue weighted by atomic mass is 10.0. The summed E-state index contributed by atoms with van der Waals surface area (Å²) in [5.41, 5.74) is 1.83. The van der Waals surface area contributed by atoms with Crippen molar-refractivity contribution < 1.29 is 5.11 Å². The highest BCUT2D eigenvalue weighted by molar-refractivity contribution is 5.66. The molecule has 2 N–H and O–H groups in total. The zero-order valence-corrected chi connectivity index (χ0v) is 9.50. The van der Waals surface area contributed by atoms with E-state index >= 15 is 0 Å². The highest BCUT2D eigenvalue weighted by Crippen LogP contribution is 2.28. The van der Waals surface area contributed by atoms with Crippen molar-refractivity contribution in [1.29, 1.82) is 0 Å². The molecular weight excluding hydrogens is 214 g/mol. The van der Waals surface area contributed by atoms with Gasteiger partial charge in [0.25, 0.3) is 0 Å². The molecule has 0 saturated carbocycles. The van der Waals surface area contributed by atoms with E-state index in [1.54, 1.807) is 12.3 Å². The van der Waals surface area contributed by atoms with Gasteiger partial charge in [-0.2, -0.15) is 5.10 Å². The van der Waals surface area contributed by atoms with Crippen LogP contribution in [0.5, 0.6) is 5.75 Å². The molecule has 0 aliphatic carbocycles. The van der Waals surface area contributed by atoms with Crippen LogP contribution in [0.2, 0.25) is 0 Å². The molecule has 17 heavy (non-hydrogen) atoms. The average Bonchev–Trinajstić information content (AvgIpc) is 2.72. The molecule has 1 aromatic heterocycles. The predicted octanol–water partition coefficient (Wildman–Crippen LogP) is 1.48. The standard InChI is InChI=1S/C13H15N3O/c17-13-4-2-1-3-11(13)12-5-6-15-16(12)9-10-7-14-8-10/h1-6,10,14,17H,7-9H2. The Kier molecular flexibility index (Phi) is 2.57. The molecule has 0 spiro atoms. The molecule has 0 atom stereocenters. The van der Waals surface area contributed by atoms with E-state index in [1.165, 1.54) is 0 Å². The fourth-order valence-electron chi connectivity index (χ4n) is 2.12. The lowest BCUT2D eigenvalue weighted by Gasteiger charge is -2.27. The molecule has 0 amide bonds. The number of para-hydroxylation sites is 1. The third kappa shape index (κ3) is 1.91. The maximum absolute atomic E-state index is 9.86. The summed E-state index contributed by atoms with van der Waals surface area (Å²) >= 11 is 0. The van der Waals surface area contributed by atoms with Gasteiger partial charge >= 0.3 is 0 Å². The number of rotatable bonds is 3. The lowest BCUT2D eigenvalue weighted by Crippen LogP contribution is -2.44. The van der Waals surface area contributed by atoms with Crippen LogP contribution in [0.15, 0.2) is 36.5 Å². The number of nitrogens with one attached hydrogen (secondary N) is 1. The Hall–Kier alpha value is -1.81. The number of nitrogens with zero attached hydrogens (tertiary/aromatic N) is 2. The number of hydrogen-bond donors (Lipinski definition) is 2. The van der Waals surface area contributed by atoms with Crippen molar-refractivity contribution in [3.63, 3.8) is 0 Å². The molecule has 1 aromatic carbocycles. The summed E-state index contributed by atoms with van der Waals surface area (Å²) in [5.74, 6) is 0.959. The Bertz CT molecular complexity index is 517. The van der Waals surface area contributed by atoms with Crippen molar-refractivity contribution in [1.82, 2.24) is 15.1 Å². The van der Waals surface area contributed by atoms with Gasteiger partial charge in [0.05, 0.1) is 5.69 Å². The van der Waals surface area contributed by atoms with Gasteiger partial charge in [-0.3, -0.25) is 4.68 Å². The van der Waals surface area contributed by atoms with Crippen molar-refractivity contribution in [3.8, 4) is 17.0 Å². The van der Waals surface area contributed by atoms with Gasteiger partial charge in [-0.25, -0.2) is 0 Å². The normalized spacial score (nSPS) is 15.8. The van der Waals surface area contributed by atoms with Crippen molar-refractivity contribution in [2.24, 2.45) is 5.92 Å². The number of hydrogen-bond acceptors (Lipinski definition) is 3. The van der Waals surface area contributed by atoms with Gasteiger partial charge in [0.2, 0.25) is 0 Å². The van der Waals surface area contributed by atoms with E-state index in [-0.39, 0.29) is 0 Å². The maximum atomic E-state index is 9.86. The van der Waals surface area contributed by atoms with E-state index in [4.69, 9.17) is 0 Å². The third-order valence-electron chi connectivity index (χ3n) is 3.19. The van der Waals surface area contributed by atoms with Crippen LogP contribution in [0.4, 0.5) is 0 Å². The first-order chi connectivity index (χ1) is 8.34. The molecule has 1 saturated heterocycles. The van der Waals surface area contributed by atoms with E-state index in [0.717, 1.165) is 30.9 Å². The third-order valence-corrected chi connectivity index (χ3v) is 3.19. The zero-order chi connectivity index (χ0) is 11.7. The van der Waals surface area contributed by atoms with Crippen LogP contribution in [0.25, 0.3) is 11.3 Å². The van der Waals surface area contributed by atoms with Gasteiger partial charge < -0.3 is 10.4 Å². The molecule has 4 heteroatoms. The monoisotopic (exact) mass is 229 g/mol. The Balaban J connectivity index is 1.92. The summed E-state index contributed by atoms with van der Waals surface area (Å²) in [4.78, 5) is 0. The molecule has 1 fully saturated rings. The van der Waals surface area contributed by atoms with E-state index < -0.39 is 0 Å². The van der Waals surface area contributed by atoms with Crippen molar-refractivity contribution in [2.45, 2.75) is 6.54 Å². The Morgan fingerprint density at radius 2 is 2.12 bits per heavy atom. The zero-order valence-electron chi connectivity index (χ0n) is 9.50. The predicted molar refractivity (Wildman–Crippen MR) is 65.7 cm³/mol. The average molecular weight is 229 g/mol. The van der Waals surface area contributed by atoms with Crippen LogP contribution >= 0.6 is 0 Å². The minimum atomic E-state index is 0.306. The topological polar surface area (TPSA) is 50.1 Å². The first kappa shape index (κ1) is 10.4. The molecule has 1 aliphatic heterocycles. The van der Waals surface area contributed by atoms with Crippen molar-refractivity contribution in [2.75, 3.05) is 13.1 Å². The smallest absolute Gasteiger partial charge is 0.124 e. The lowest BCUT2D eigenvalue weighted by molar-refractivity contribution is 0.297. The first-order valence-corrected chi connectivity index (χ1v) is 5.85. The molecule has 1 aliphatic rings. The fraction of sp³-hybridized carbons (Fsp3) is 0.308. The van der Waals surface area contributed by atoms with Crippen LogP contribution < -0.4 is 5.32 Å². The van der Waals surface area contributed by atoms with Crippen LogP contribution in [-0.2, 0) is 6.54 Å². The van der Waals surface area contributed by atoms with Gasteiger partial charge in [0.1, 0.15) is 5.75 Å². The largest absolute Gasteiger partial charge is 0.507 e. The summed E-state index contributed by atoms with van der Waals surface area (Å²) in [6, 6.07) is 9.33. The van der Waals surface area contributed by atoms with E-state index in [1.807, 2.05) is 28.9 Å². The van der Waals surface area contributed by atoms with Crippen LogP contribution in [0.3, 0.4) is 0 Å². The maximum Gasteiger partial charge on any atom is 0.124 e. The summed E-state index contributed by atoms with van der Waals surface area (Å²) < 4.78 is 1.97. The minimum absolute atomic E-state index is 0.306. The minimum Gasteiger partial charge on any atom is -0.507 e. The second-order valence-corrected chi connectivity index (χ2v) is 4.44. The van der Waals surface area contributed by atoms with Crippen LogP contribution in [0, 0.1) is 5.92 Å². The second kappa shape index (κ2) is 4.22. The summed E-state index contributed by atoms with van der Waals surface area (Å²) in [6.07, 6.45) is 1.79. The molecule has 0 unspecified atom stereocenters. The van der Waals surface area contributed by atoms with Gasteiger partial charge in [-0.15, -0.1) is 0 Å². The molecule has 0 radical (unpaired) electrons. The molecule has 2 aromatic rings. The summed E-state index contributed by atoms with van der Waals surface area (Å²) in [7, 11) is 0. The molecule has 4 nitrogen and oxygen atoms in total. The highest BCUT2D eigenvalue weighted by atomic mass is 16.3. The van der Waals surface area contributed by atoms with Crippen molar-refractivity contribution in [3.05, 3.63) is 36.5 Å². The van der Waals surface area contributed by atoms with Gasteiger partial charge in [0, 0.05) is 37.3 Å². The number of benzene rings is 1.